The van der Waals surface area contributed by atoms with Crippen molar-refractivity contribution < 1.29 is 22.2 Å². The van der Waals surface area contributed by atoms with Crippen molar-refractivity contribution in [3.63, 3.8) is 0 Å². The number of benzene rings is 2. The van der Waals surface area contributed by atoms with Gasteiger partial charge in [-0.3, -0.25) is 9.35 Å². The van der Waals surface area contributed by atoms with Crippen LogP contribution in [0.1, 0.15) is 29.6 Å². The van der Waals surface area contributed by atoms with Crippen LogP contribution in [0.4, 0.5) is 0 Å². The van der Waals surface area contributed by atoms with Crippen LogP contribution in [0.2, 0.25) is 0 Å². The molecular formula is C21H18N4O5S2. The Bertz CT molecular complexity index is 1400. The molecule has 1 amide bonds. The smallest absolute Gasteiger partial charge is 0.273 e. The second kappa shape index (κ2) is 7.76. The van der Waals surface area contributed by atoms with E-state index in [1.807, 2.05) is 48.5 Å². The molecule has 164 valence electrons. The number of nitrogens with one attached hydrogen (secondary N) is 1. The third-order valence-corrected chi connectivity index (χ3v) is 7.18. The summed E-state index contributed by atoms with van der Waals surface area (Å²) >= 11 is 1.41. The second-order valence-electron chi connectivity index (χ2n) is 7.64. The van der Waals surface area contributed by atoms with Crippen molar-refractivity contribution in [1.82, 2.24) is 20.5 Å². The van der Waals surface area contributed by atoms with Crippen LogP contribution in [-0.4, -0.2) is 34.6 Å². The Kier molecular flexibility index (Phi) is 5.03. The average molecular weight is 471 g/mol. The van der Waals surface area contributed by atoms with E-state index < -0.39 is 21.4 Å². The van der Waals surface area contributed by atoms with Crippen LogP contribution in [0.15, 0.2) is 52.9 Å². The number of aromatic nitrogens is 3. The molecule has 5 rings (SSSR count). The molecule has 11 heteroatoms. The first-order valence-corrected chi connectivity index (χ1v) is 12.3. The molecule has 32 heavy (non-hydrogen) atoms. The molecule has 0 bridgehead atoms. The molecule has 2 aromatic heterocycles. The summed E-state index contributed by atoms with van der Waals surface area (Å²) in [5.41, 5.74) is 1.72. The van der Waals surface area contributed by atoms with E-state index >= 15 is 0 Å². The van der Waals surface area contributed by atoms with E-state index in [0.717, 1.165) is 34.2 Å². The van der Waals surface area contributed by atoms with Crippen molar-refractivity contribution in [3.05, 3.63) is 65.3 Å². The first kappa shape index (κ1) is 20.7. The van der Waals surface area contributed by atoms with E-state index in [1.165, 1.54) is 11.3 Å². The maximum absolute atomic E-state index is 11.6. The van der Waals surface area contributed by atoms with Crippen LogP contribution in [0, 0.1) is 5.92 Å². The zero-order valence-electron chi connectivity index (χ0n) is 16.6. The highest BCUT2D eigenvalue weighted by Gasteiger charge is 2.54. The highest BCUT2D eigenvalue weighted by molar-refractivity contribution is 7.84. The van der Waals surface area contributed by atoms with Gasteiger partial charge in [-0.15, -0.1) is 21.5 Å². The lowest BCUT2D eigenvalue weighted by Crippen LogP contribution is -2.45. The Labute approximate surface area is 187 Å². The predicted octanol–water partition coefficient (Wildman–Crippen LogP) is 3.13. The number of nitrogens with zero attached hydrogens (tertiary/aromatic N) is 3. The molecule has 1 unspecified atom stereocenters. The Hall–Kier alpha value is -3.15. The molecule has 0 aliphatic heterocycles. The van der Waals surface area contributed by atoms with Crippen LogP contribution in [0.25, 0.3) is 21.3 Å². The minimum absolute atomic E-state index is 0.0270. The van der Waals surface area contributed by atoms with Crippen LogP contribution >= 0.6 is 11.3 Å². The van der Waals surface area contributed by atoms with Crippen molar-refractivity contribution in [1.29, 1.82) is 0 Å². The summed E-state index contributed by atoms with van der Waals surface area (Å²) in [6.07, 6.45) is 2.18. The average Bonchev–Trinajstić information content (AvgIpc) is 3.37. The van der Waals surface area contributed by atoms with E-state index in [0.29, 0.717) is 11.4 Å². The summed E-state index contributed by atoms with van der Waals surface area (Å²) in [6.45, 7) is 0. The fourth-order valence-corrected chi connectivity index (χ4v) is 5.48. The van der Waals surface area contributed by atoms with Crippen molar-refractivity contribution >= 4 is 38.1 Å². The SMILES string of the molecule is O=CNC(c1nnc(CS(=O)(=O)O)o1)(c1nc2ccc(-c3ccccc3)cc2s1)C1CC1. The molecule has 2 N–H and O–H groups in total. The number of hydrogen-bond donors (Lipinski definition) is 2. The molecule has 1 aliphatic rings. The largest absolute Gasteiger partial charge is 0.421 e. The molecule has 1 fully saturated rings. The van der Waals surface area contributed by atoms with Gasteiger partial charge in [0.25, 0.3) is 10.1 Å². The van der Waals surface area contributed by atoms with Crippen LogP contribution in [0.5, 0.6) is 0 Å². The van der Waals surface area contributed by atoms with Crippen molar-refractivity contribution in [2.24, 2.45) is 5.92 Å². The molecule has 9 nitrogen and oxygen atoms in total. The summed E-state index contributed by atoms with van der Waals surface area (Å²) in [6, 6.07) is 15.9. The number of carbonyl (C=O) groups is 1. The van der Waals surface area contributed by atoms with Gasteiger partial charge in [0, 0.05) is 0 Å². The van der Waals surface area contributed by atoms with Gasteiger partial charge in [-0.05, 0) is 42.0 Å². The van der Waals surface area contributed by atoms with E-state index in [2.05, 4.69) is 15.5 Å². The molecule has 2 heterocycles. The minimum atomic E-state index is -4.34. The van der Waals surface area contributed by atoms with Gasteiger partial charge in [-0.1, -0.05) is 36.4 Å². The Balaban J connectivity index is 1.61. The Morgan fingerprint density at radius 2 is 1.94 bits per heavy atom. The van der Waals surface area contributed by atoms with E-state index in [-0.39, 0.29) is 17.7 Å². The number of rotatable bonds is 8. The van der Waals surface area contributed by atoms with E-state index in [9.17, 15) is 13.2 Å². The Morgan fingerprint density at radius 3 is 2.62 bits per heavy atom. The quantitative estimate of drug-likeness (QED) is 0.296. The maximum atomic E-state index is 11.6. The predicted molar refractivity (Wildman–Crippen MR) is 117 cm³/mol. The van der Waals surface area contributed by atoms with Gasteiger partial charge >= 0.3 is 0 Å². The highest BCUT2D eigenvalue weighted by atomic mass is 32.2. The van der Waals surface area contributed by atoms with Gasteiger partial charge in [0.1, 0.15) is 5.01 Å². The number of thiazole rings is 1. The lowest BCUT2D eigenvalue weighted by atomic mass is 9.94. The van der Waals surface area contributed by atoms with E-state index in [4.69, 9.17) is 14.0 Å². The van der Waals surface area contributed by atoms with E-state index in [1.54, 1.807) is 0 Å². The number of hydrogen-bond acceptors (Lipinski definition) is 8. The van der Waals surface area contributed by atoms with Crippen molar-refractivity contribution in [3.8, 4) is 11.1 Å². The van der Waals surface area contributed by atoms with Crippen LogP contribution < -0.4 is 5.32 Å². The fraction of sp³-hybridized carbons (Fsp3) is 0.238. The lowest BCUT2D eigenvalue weighted by Gasteiger charge is -2.27. The minimum Gasteiger partial charge on any atom is -0.421 e. The Morgan fingerprint density at radius 1 is 1.16 bits per heavy atom. The van der Waals surface area contributed by atoms with Gasteiger partial charge in [0.05, 0.1) is 10.2 Å². The number of fused-ring (bicyclic) bond motifs is 1. The van der Waals surface area contributed by atoms with Gasteiger partial charge in [0.2, 0.25) is 18.2 Å². The van der Waals surface area contributed by atoms with Gasteiger partial charge in [0.15, 0.2) is 11.3 Å². The molecule has 1 saturated carbocycles. The zero-order chi connectivity index (χ0) is 22.3. The van der Waals surface area contributed by atoms with Gasteiger partial charge in [-0.25, -0.2) is 4.98 Å². The highest BCUT2D eigenvalue weighted by Crippen LogP contribution is 2.50. The standard InChI is InChI=1S/C21H18N4O5S2/c26-12-22-21(15-7-8-15,19-25-24-18(30-19)11-32(27,28)29)20-23-16-9-6-14(10-17(16)31-20)13-4-2-1-3-5-13/h1-6,9-10,12,15H,7-8,11H2,(H,22,26)(H,27,28,29). The second-order valence-corrected chi connectivity index (χ2v) is 10.1. The normalized spacial score (nSPS) is 16.0. The molecule has 0 saturated heterocycles. The molecular weight excluding hydrogens is 452 g/mol. The molecule has 0 radical (unpaired) electrons. The molecule has 0 spiro atoms. The number of amides is 1. The van der Waals surface area contributed by atoms with Crippen LogP contribution in [0.3, 0.4) is 0 Å². The molecule has 4 aromatic rings. The topological polar surface area (TPSA) is 135 Å². The summed E-state index contributed by atoms with van der Waals surface area (Å²) in [5, 5.41) is 11.2. The molecule has 1 atom stereocenters. The van der Waals surface area contributed by atoms with Crippen molar-refractivity contribution in [2.45, 2.75) is 24.1 Å². The summed E-state index contributed by atoms with van der Waals surface area (Å²) in [7, 11) is -4.34. The summed E-state index contributed by atoms with van der Waals surface area (Å²) < 4.78 is 38.1. The zero-order valence-corrected chi connectivity index (χ0v) is 18.3. The maximum Gasteiger partial charge on any atom is 0.273 e. The fourth-order valence-electron chi connectivity index (χ4n) is 3.82. The van der Waals surface area contributed by atoms with Crippen molar-refractivity contribution in [2.75, 3.05) is 0 Å². The summed E-state index contributed by atoms with van der Waals surface area (Å²) in [4.78, 5) is 16.4. The third-order valence-electron chi connectivity index (χ3n) is 5.42. The molecule has 1 aliphatic carbocycles. The van der Waals surface area contributed by atoms with Crippen LogP contribution in [-0.2, 0) is 26.2 Å². The van der Waals surface area contributed by atoms with Gasteiger partial charge < -0.3 is 9.73 Å². The monoisotopic (exact) mass is 470 g/mol. The first-order chi connectivity index (χ1) is 15.4. The molecule has 2 aromatic carbocycles. The number of carbonyl (C=O) groups excluding carboxylic acids is 1. The third kappa shape index (κ3) is 3.78. The first-order valence-electron chi connectivity index (χ1n) is 9.85. The van der Waals surface area contributed by atoms with Gasteiger partial charge in [-0.2, -0.15) is 8.42 Å². The summed E-state index contributed by atoms with van der Waals surface area (Å²) in [5.74, 6) is -1.04. The lowest BCUT2D eigenvalue weighted by molar-refractivity contribution is -0.111.